The number of ether oxygens (including phenoxy) is 2. The van der Waals surface area contributed by atoms with Gasteiger partial charge in [0.25, 0.3) is 11.8 Å². The van der Waals surface area contributed by atoms with E-state index in [4.69, 9.17) is 9.47 Å². The van der Waals surface area contributed by atoms with Crippen molar-refractivity contribution in [1.29, 1.82) is 0 Å². The standard InChI is InChI=1S/C18H21NO5/c1-18(2,3)24-14(20)10-13-15(17(22)19(4)16(13)21)11-6-8-12(23-5)9-7-11/h6-9H,10H2,1-5H3. The summed E-state index contributed by atoms with van der Waals surface area (Å²) in [5.74, 6) is -0.807. The number of hydrogen-bond acceptors (Lipinski definition) is 5. The first kappa shape index (κ1) is 17.7. The highest BCUT2D eigenvalue weighted by molar-refractivity contribution is 6.36. The zero-order valence-corrected chi connectivity index (χ0v) is 14.5. The third-order valence-corrected chi connectivity index (χ3v) is 3.50. The van der Waals surface area contributed by atoms with Gasteiger partial charge in [-0.15, -0.1) is 0 Å². The molecule has 0 aromatic heterocycles. The fourth-order valence-corrected chi connectivity index (χ4v) is 2.44. The molecular formula is C18H21NO5. The molecule has 0 atom stereocenters. The summed E-state index contributed by atoms with van der Waals surface area (Å²) in [6.45, 7) is 5.24. The Bertz CT molecular complexity index is 710. The molecule has 0 fully saturated rings. The third-order valence-electron chi connectivity index (χ3n) is 3.50. The Balaban J connectivity index is 2.40. The first-order chi connectivity index (χ1) is 11.1. The van der Waals surface area contributed by atoms with Crippen LogP contribution in [0.25, 0.3) is 5.57 Å². The Hall–Kier alpha value is -2.63. The zero-order chi connectivity index (χ0) is 18.1. The van der Waals surface area contributed by atoms with Gasteiger partial charge in [-0.3, -0.25) is 19.3 Å². The summed E-state index contributed by atoms with van der Waals surface area (Å²) < 4.78 is 10.4. The van der Waals surface area contributed by atoms with Crippen molar-refractivity contribution >= 4 is 23.4 Å². The molecule has 6 heteroatoms. The molecule has 0 spiro atoms. The van der Waals surface area contributed by atoms with E-state index in [1.54, 1.807) is 52.1 Å². The number of rotatable bonds is 4. The van der Waals surface area contributed by atoms with Crippen LogP contribution >= 0.6 is 0 Å². The van der Waals surface area contributed by atoms with Crippen LogP contribution in [0.1, 0.15) is 32.8 Å². The SMILES string of the molecule is COc1ccc(C2=C(CC(=O)OC(C)(C)C)C(=O)N(C)C2=O)cc1. The second-order valence-electron chi connectivity index (χ2n) is 6.51. The predicted octanol–water partition coefficient (Wildman–Crippen LogP) is 2.18. The molecule has 1 aliphatic rings. The summed E-state index contributed by atoms with van der Waals surface area (Å²) in [6, 6.07) is 6.77. The van der Waals surface area contributed by atoms with E-state index in [1.165, 1.54) is 7.05 Å². The lowest BCUT2D eigenvalue weighted by molar-refractivity contribution is -0.154. The van der Waals surface area contributed by atoms with Crippen LogP contribution in [0.5, 0.6) is 5.75 Å². The first-order valence-electron chi connectivity index (χ1n) is 7.56. The second kappa shape index (κ2) is 6.47. The Labute approximate surface area is 141 Å². The van der Waals surface area contributed by atoms with Gasteiger partial charge < -0.3 is 9.47 Å². The van der Waals surface area contributed by atoms with Crippen molar-refractivity contribution in [3.05, 3.63) is 35.4 Å². The van der Waals surface area contributed by atoms with Gasteiger partial charge >= 0.3 is 5.97 Å². The van der Waals surface area contributed by atoms with Gasteiger partial charge in [0.05, 0.1) is 19.1 Å². The highest BCUT2D eigenvalue weighted by Gasteiger charge is 2.37. The average molecular weight is 331 g/mol. The molecule has 2 rings (SSSR count). The fourth-order valence-electron chi connectivity index (χ4n) is 2.44. The molecule has 0 saturated heterocycles. The number of methoxy groups -OCH3 is 1. The Morgan fingerprint density at radius 3 is 2.17 bits per heavy atom. The van der Waals surface area contributed by atoms with Crippen molar-refractivity contribution in [2.75, 3.05) is 14.2 Å². The summed E-state index contributed by atoms with van der Waals surface area (Å²) in [6.07, 6.45) is -0.243. The molecular weight excluding hydrogens is 310 g/mol. The lowest BCUT2D eigenvalue weighted by atomic mass is 9.99. The van der Waals surface area contributed by atoms with Gasteiger partial charge in [0.2, 0.25) is 0 Å². The van der Waals surface area contributed by atoms with Crippen LogP contribution in [0.3, 0.4) is 0 Å². The van der Waals surface area contributed by atoms with Crippen molar-refractivity contribution < 1.29 is 23.9 Å². The van der Waals surface area contributed by atoms with E-state index < -0.39 is 23.4 Å². The molecule has 6 nitrogen and oxygen atoms in total. The lowest BCUT2D eigenvalue weighted by Crippen LogP contribution is -2.28. The normalized spacial score (nSPS) is 15.1. The van der Waals surface area contributed by atoms with E-state index in [0.29, 0.717) is 11.3 Å². The maximum absolute atomic E-state index is 12.4. The number of likely N-dealkylation sites (N-methyl/N-ethyl adjacent to an activating group) is 1. The minimum atomic E-state index is -0.657. The van der Waals surface area contributed by atoms with Gasteiger partial charge in [-0.25, -0.2) is 0 Å². The van der Waals surface area contributed by atoms with Gasteiger partial charge in [-0.2, -0.15) is 0 Å². The van der Waals surface area contributed by atoms with Crippen LogP contribution < -0.4 is 4.74 Å². The predicted molar refractivity (Wildman–Crippen MR) is 88.2 cm³/mol. The highest BCUT2D eigenvalue weighted by atomic mass is 16.6. The van der Waals surface area contributed by atoms with Gasteiger partial charge in [0, 0.05) is 12.6 Å². The van der Waals surface area contributed by atoms with Crippen LogP contribution in [-0.4, -0.2) is 42.4 Å². The second-order valence-corrected chi connectivity index (χ2v) is 6.51. The average Bonchev–Trinajstić information content (AvgIpc) is 2.70. The number of hydrogen-bond donors (Lipinski definition) is 0. The molecule has 0 unspecified atom stereocenters. The maximum atomic E-state index is 12.4. The summed E-state index contributed by atoms with van der Waals surface area (Å²) in [4.78, 5) is 37.9. The minimum Gasteiger partial charge on any atom is -0.497 e. The van der Waals surface area contributed by atoms with Crippen LogP contribution in [-0.2, 0) is 19.1 Å². The van der Waals surface area contributed by atoms with Crippen molar-refractivity contribution in [2.24, 2.45) is 0 Å². The molecule has 0 radical (unpaired) electrons. The van der Waals surface area contributed by atoms with Gasteiger partial charge in [0.1, 0.15) is 11.4 Å². The summed E-state index contributed by atoms with van der Waals surface area (Å²) in [5.41, 5.74) is 0.296. The van der Waals surface area contributed by atoms with Gasteiger partial charge in [-0.1, -0.05) is 12.1 Å². The van der Waals surface area contributed by atoms with E-state index in [-0.39, 0.29) is 17.6 Å². The van der Waals surface area contributed by atoms with E-state index in [2.05, 4.69) is 0 Å². The molecule has 0 aliphatic carbocycles. The van der Waals surface area contributed by atoms with E-state index in [1.807, 2.05) is 0 Å². The Kier molecular flexibility index (Phi) is 4.78. The van der Waals surface area contributed by atoms with E-state index >= 15 is 0 Å². The van der Waals surface area contributed by atoms with Gasteiger partial charge in [0.15, 0.2) is 0 Å². The van der Waals surface area contributed by atoms with Crippen LogP contribution in [0, 0.1) is 0 Å². The molecule has 1 aromatic carbocycles. The maximum Gasteiger partial charge on any atom is 0.311 e. The number of nitrogens with zero attached hydrogens (tertiary/aromatic N) is 1. The molecule has 1 heterocycles. The summed E-state index contributed by atoms with van der Waals surface area (Å²) in [7, 11) is 2.94. The van der Waals surface area contributed by atoms with Gasteiger partial charge in [-0.05, 0) is 38.5 Å². The van der Waals surface area contributed by atoms with Crippen molar-refractivity contribution in [3.8, 4) is 5.75 Å². The zero-order valence-electron chi connectivity index (χ0n) is 14.5. The van der Waals surface area contributed by atoms with E-state index in [0.717, 1.165) is 4.90 Å². The molecule has 1 aromatic rings. The lowest BCUT2D eigenvalue weighted by Gasteiger charge is -2.19. The molecule has 0 bridgehead atoms. The monoisotopic (exact) mass is 331 g/mol. The van der Waals surface area contributed by atoms with Crippen LogP contribution in [0.4, 0.5) is 0 Å². The Morgan fingerprint density at radius 2 is 1.67 bits per heavy atom. The van der Waals surface area contributed by atoms with Crippen LogP contribution in [0.15, 0.2) is 29.8 Å². The van der Waals surface area contributed by atoms with Crippen molar-refractivity contribution in [2.45, 2.75) is 32.8 Å². The quantitative estimate of drug-likeness (QED) is 0.624. The molecule has 2 amide bonds. The molecule has 128 valence electrons. The number of benzene rings is 1. The number of amides is 2. The number of carbonyl (C=O) groups excluding carboxylic acids is 3. The fraction of sp³-hybridized carbons (Fsp3) is 0.389. The molecule has 1 aliphatic heterocycles. The van der Waals surface area contributed by atoms with E-state index in [9.17, 15) is 14.4 Å². The highest BCUT2D eigenvalue weighted by Crippen LogP contribution is 2.31. The number of imide groups is 1. The van der Waals surface area contributed by atoms with Crippen molar-refractivity contribution in [3.63, 3.8) is 0 Å². The number of carbonyl (C=O) groups is 3. The Morgan fingerprint density at radius 1 is 1.08 bits per heavy atom. The molecule has 0 saturated carbocycles. The third kappa shape index (κ3) is 3.64. The topological polar surface area (TPSA) is 72.9 Å². The van der Waals surface area contributed by atoms with Crippen molar-refractivity contribution in [1.82, 2.24) is 4.90 Å². The minimum absolute atomic E-state index is 0.155. The number of esters is 1. The smallest absolute Gasteiger partial charge is 0.311 e. The first-order valence-corrected chi connectivity index (χ1v) is 7.56. The molecule has 24 heavy (non-hydrogen) atoms. The summed E-state index contributed by atoms with van der Waals surface area (Å²) in [5, 5.41) is 0. The van der Waals surface area contributed by atoms with Crippen LogP contribution in [0.2, 0.25) is 0 Å². The molecule has 0 N–H and O–H groups in total. The largest absolute Gasteiger partial charge is 0.497 e. The summed E-state index contributed by atoms with van der Waals surface area (Å²) >= 11 is 0.